The molecule has 0 aromatic heterocycles. The van der Waals surface area contributed by atoms with Gasteiger partial charge in [-0.3, -0.25) is 9.00 Å². The van der Waals surface area contributed by atoms with E-state index in [0.717, 1.165) is 6.07 Å². The summed E-state index contributed by atoms with van der Waals surface area (Å²) in [5, 5.41) is 0. The molecule has 0 spiro atoms. The first-order chi connectivity index (χ1) is 9.99. The molecule has 1 saturated heterocycles. The lowest BCUT2D eigenvalue weighted by Crippen LogP contribution is -2.35. The fourth-order valence-corrected chi connectivity index (χ4v) is 3.14. The lowest BCUT2D eigenvalue weighted by Gasteiger charge is -2.25. The van der Waals surface area contributed by atoms with Gasteiger partial charge in [-0.2, -0.15) is 0 Å². The molecule has 0 saturated carbocycles. The lowest BCUT2D eigenvalue weighted by molar-refractivity contribution is -0.130. The van der Waals surface area contributed by atoms with Crippen LogP contribution in [-0.4, -0.2) is 40.1 Å². The average molecular weight is 315 g/mol. The van der Waals surface area contributed by atoms with Crippen LogP contribution >= 0.6 is 0 Å². The van der Waals surface area contributed by atoms with E-state index in [9.17, 15) is 17.8 Å². The summed E-state index contributed by atoms with van der Waals surface area (Å²) >= 11 is 0. The zero-order valence-corrected chi connectivity index (χ0v) is 12.8. The van der Waals surface area contributed by atoms with Crippen molar-refractivity contribution in [2.24, 2.45) is 0 Å². The summed E-state index contributed by atoms with van der Waals surface area (Å²) in [6.45, 7) is 0.756. The van der Waals surface area contributed by atoms with Gasteiger partial charge >= 0.3 is 0 Å². The molecule has 1 aliphatic heterocycles. The topological polar surface area (TPSA) is 37.4 Å². The highest BCUT2D eigenvalue weighted by Gasteiger charge is 2.26. The predicted octanol–water partition coefficient (Wildman–Crippen LogP) is 2.44. The van der Waals surface area contributed by atoms with Crippen molar-refractivity contribution < 1.29 is 17.8 Å². The van der Waals surface area contributed by atoms with Gasteiger partial charge in [0, 0.05) is 48.2 Å². The Kier molecular flexibility index (Phi) is 5.45. The molecular weight excluding hydrogens is 296 g/mol. The Balaban J connectivity index is 2.18. The van der Waals surface area contributed by atoms with Crippen LogP contribution in [0.2, 0.25) is 0 Å². The summed E-state index contributed by atoms with van der Waals surface area (Å²) < 4.78 is 38.5. The number of rotatable bonds is 4. The number of hydrogen-bond acceptors (Lipinski definition) is 2. The maximum atomic E-state index is 13.9. The third-order valence-electron chi connectivity index (χ3n) is 3.81. The van der Waals surface area contributed by atoms with Crippen LogP contribution in [0.3, 0.4) is 0 Å². The molecule has 1 amide bonds. The van der Waals surface area contributed by atoms with Crippen LogP contribution in [0.4, 0.5) is 8.78 Å². The molecule has 1 heterocycles. The van der Waals surface area contributed by atoms with Gasteiger partial charge in [0.15, 0.2) is 11.6 Å². The van der Waals surface area contributed by atoms with Gasteiger partial charge in [0.1, 0.15) is 0 Å². The summed E-state index contributed by atoms with van der Waals surface area (Å²) in [7, 11) is -0.980. The highest BCUT2D eigenvalue weighted by molar-refractivity contribution is 7.84. The minimum Gasteiger partial charge on any atom is -0.341 e. The van der Waals surface area contributed by atoms with E-state index in [-0.39, 0.29) is 11.8 Å². The number of halogens is 2. The van der Waals surface area contributed by atoms with Crippen LogP contribution in [0.25, 0.3) is 0 Å². The summed E-state index contributed by atoms with van der Waals surface area (Å²) in [6.07, 6.45) is 3.30. The van der Waals surface area contributed by atoms with Crippen molar-refractivity contribution in [1.82, 2.24) is 4.90 Å². The molecule has 2 unspecified atom stereocenters. The molecule has 2 rings (SSSR count). The van der Waals surface area contributed by atoms with Gasteiger partial charge in [-0.25, -0.2) is 8.78 Å². The van der Waals surface area contributed by atoms with E-state index in [1.54, 1.807) is 17.2 Å². The van der Waals surface area contributed by atoms with Crippen molar-refractivity contribution in [1.29, 1.82) is 0 Å². The third kappa shape index (κ3) is 4.09. The van der Waals surface area contributed by atoms with Crippen LogP contribution in [0.5, 0.6) is 0 Å². The van der Waals surface area contributed by atoms with Crippen molar-refractivity contribution >= 4 is 16.7 Å². The maximum Gasteiger partial charge on any atom is 0.222 e. The number of benzene rings is 1. The molecule has 21 heavy (non-hydrogen) atoms. The Morgan fingerprint density at radius 1 is 1.38 bits per heavy atom. The van der Waals surface area contributed by atoms with E-state index in [2.05, 4.69) is 0 Å². The number of hydrogen-bond donors (Lipinski definition) is 0. The van der Waals surface area contributed by atoms with Crippen LogP contribution < -0.4 is 0 Å². The zero-order chi connectivity index (χ0) is 15.4. The van der Waals surface area contributed by atoms with Crippen LogP contribution in [0.15, 0.2) is 18.2 Å². The molecule has 0 bridgehead atoms. The average Bonchev–Trinajstić information content (AvgIpc) is 2.61. The largest absolute Gasteiger partial charge is 0.341 e. The Hall–Kier alpha value is -1.30. The first-order valence-electron chi connectivity index (χ1n) is 7.00. The summed E-state index contributed by atoms with van der Waals surface area (Å²) in [5.41, 5.74) is 0.326. The fourth-order valence-electron chi connectivity index (χ4n) is 2.66. The second-order valence-electron chi connectivity index (χ2n) is 5.35. The highest BCUT2D eigenvalue weighted by Crippen LogP contribution is 2.29. The van der Waals surface area contributed by atoms with Crippen molar-refractivity contribution in [2.45, 2.75) is 25.2 Å². The van der Waals surface area contributed by atoms with Crippen LogP contribution in [0, 0.1) is 11.6 Å². The SMILES string of the molecule is CS(=O)CCN1CC(c2cccc(F)c2F)CCCC1=O. The summed E-state index contributed by atoms with van der Waals surface area (Å²) in [4.78, 5) is 13.6. The third-order valence-corrected chi connectivity index (χ3v) is 4.56. The van der Waals surface area contributed by atoms with Crippen LogP contribution in [0.1, 0.15) is 30.7 Å². The summed E-state index contributed by atoms with van der Waals surface area (Å²) in [5.74, 6) is -1.48. The summed E-state index contributed by atoms with van der Waals surface area (Å²) in [6, 6.07) is 4.17. The van der Waals surface area contributed by atoms with Gasteiger partial charge < -0.3 is 4.90 Å². The molecule has 1 aromatic carbocycles. The van der Waals surface area contributed by atoms with Gasteiger partial charge in [0.05, 0.1) is 0 Å². The molecule has 1 aliphatic rings. The van der Waals surface area contributed by atoms with E-state index < -0.39 is 22.4 Å². The van der Waals surface area contributed by atoms with Crippen molar-refractivity contribution in [3.63, 3.8) is 0 Å². The second-order valence-corrected chi connectivity index (χ2v) is 6.90. The number of carbonyl (C=O) groups excluding carboxylic acids is 1. The monoisotopic (exact) mass is 315 g/mol. The Bertz CT molecular complexity index is 550. The van der Waals surface area contributed by atoms with Gasteiger partial charge in [0.25, 0.3) is 0 Å². The molecule has 0 aliphatic carbocycles. The number of carbonyl (C=O) groups is 1. The molecule has 2 atom stereocenters. The minimum atomic E-state index is -0.980. The Morgan fingerprint density at radius 3 is 2.86 bits per heavy atom. The van der Waals surface area contributed by atoms with Crippen molar-refractivity contribution in [2.75, 3.05) is 25.1 Å². The van der Waals surface area contributed by atoms with Crippen LogP contribution in [-0.2, 0) is 15.6 Å². The first kappa shape index (κ1) is 16.1. The van der Waals surface area contributed by atoms with E-state index in [0.29, 0.717) is 43.7 Å². The minimum absolute atomic E-state index is 0.000221. The molecule has 0 N–H and O–H groups in total. The molecule has 1 aromatic rings. The number of nitrogens with zero attached hydrogens (tertiary/aromatic N) is 1. The predicted molar refractivity (Wildman–Crippen MR) is 78.5 cm³/mol. The van der Waals surface area contributed by atoms with Crippen molar-refractivity contribution in [3.05, 3.63) is 35.4 Å². The van der Waals surface area contributed by atoms with Gasteiger partial charge in [-0.15, -0.1) is 0 Å². The fraction of sp³-hybridized carbons (Fsp3) is 0.533. The Labute approximate surface area is 125 Å². The maximum absolute atomic E-state index is 13.9. The van der Waals surface area contributed by atoms with E-state index >= 15 is 0 Å². The molecular formula is C15H19F2NO2S. The second kappa shape index (κ2) is 7.11. The Morgan fingerprint density at radius 2 is 2.14 bits per heavy atom. The van der Waals surface area contributed by atoms with E-state index in [1.807, 2.05) is 0 Å². The van der Waals surface area contributed by atoms with Gasteiger partial charge in [0.2, 0.25) is 5.91 Å². The lowest BCUT2D eigenvalue weighted by atomic mass is 9.93. The molecule has 3 nitrogen and oxygen atoms in total. The van der Waals surface area contributed by atoms with Crippen molar-refractivity contribution in [3.8, 4) is 0 Å². The van der Waals surface area contributed by atoms with E-state index in [1.165, 1.54) is 6.07 Å². The normalized spacial score (nSPS) is 21.2. The molecule has 1 fully saturated rings. The molecule has 116 valence electrons. The smallest absolute Gasteiger partial charge is 0.222 e. The van der Waals surface area contributed by atoms with E-state index in [4.69, 9.17) is 0 Å². The first-order valence-corrected chi connectivity index (χ1v) is 8.73. The molecule has 6 heteroatoms. The number of likely N-dealkylation sites (tertiary alicyclic amines) is 1. The quantitative estimate of drug-likeness (QED) is 0.856. The van der Waals surface area contributed by atoms with Gasteiger partial charge in [-0.1, -0.05) is 12.1 Å². The zero-order valence-electron chi connectivity index (χ0n) is 12.0. The number of amides is 1. The molecule has 0 radical (unpaired) electrons. The standard InChI is InChI=1S/C15H19F2NO2S/c1-21(20)9-8-18-10-11(4-2-7-14(18)19)12-5-3-6-13(16)15(12)17/h3,5-6,11H,2,4,7-10H2,1H3. The highest BCUT2D eigenvalue weighted by atomic mass is 32.2. The van der Waals surface area contributed by atoms with Gasteiger partial charge in [-0.05, 0) is 24.5 Å².